The van der Waals surface area contributed by atoms with Crippen molar-refractivity contribution in [1.29, 1.82) is 0 Å². The molecular formula is C16H15F2N3. The van der Waals surface area contributed by atoms with Crippen LogP contribution in [0.4, 0.5) is 8.78 Å². The number of nitrogens with zero attached hydrogens (tertiary/aromatic N) is 3. The number of hydrogen-bond donors (Lipinski definition) is 0. The molecule has 0 saturated heterocycles. The Morgan fingerprint density at radius 1 is 1.14 bits per heavy atom. The fraction of sp³-hybridized carbons (Fsp3) is 0.250. The highest BCUT2D eigenvalue weighted by Gasteiger charge is 2.16. The van der Waals surface area contributed by atoms with Crippen LogP contribution in [0, 0.1) is 11.6 Å². The number of aromatic nitrogens is 3. The maximum Gasteiger partial charge on any atom is 0.181 e. The van der Waals surface area contributed by atoms with E-state index in [0.717, 1.165) is 10.9 Å². The summed E-state index contributed by atoms with van der Waals surface area (Å²) in [5.41, 5.74) is 1.90. The van der Waals surface area contributed by atoms with E-state index in [1.165, 1.54) is 12.1 Å². The molecule has 0 unspecified atom stereocenters. The van der Waals surface area contributed by atoms with Crippen molar-refractivity contribution in [2.24, 2.45) is 7.05 Å². The fourth-order valence-electron chi connectivity index (χ4n) is 2.58. The second-order valence-corrected chi connectivity index (χ2v) is 5.41. The first-order valence-electron chi connectivity index (χ1n) is 6.75. The number of pyridine rings is 1. The number of benzene rings is 1. The summed E-state index contributed by atoms with van der Waals surface area (Å²) in [7, 11) is 1.79. The Bertz CT molecular complexity index is 798. The fourth-order valence-corrected chi connectivity index (χ4v) is 2.58. The zero-order valence-electron chi connectivity index (χ0n) is 12.1. The Hall–Kier alpha value is -2.30. The van der Waals surface area contributed by atoms with Crippen molar-refractivity contribution in [1.82, 2.24) is 14.8 Å². The van der Waals surface area contributed by atoms with Gasteiger partial charge in [-0.3, -0.25) is 4.68 Å². The molecule has 0 spiro atoms. The molecule has 0 saturated carbocycles. The first-order chi connectivity index (χ1) is 9.97. The van der Waals surface area contributed by atoms with Crippen molar-refractivity contribution < 1.29 is 8.78 Å². The van der Waals surface area contributed by atoms with E-state index in [1.807, 2.05) is 0 Å². The molecule has 21 heavy (non-hydrogen) atoms. The van der Waals surface area contributed by atoms with Crippen molar-refractivity contribution in [3.8, 4) is 11.1 Å². The zero-order valence-corrected chi connectivity index (χ0v) is 12.1. The molecule has 5 heteroatoms. The van der Waals surface area contributed by atoms with E-state index in [0.29, 0.717) is 11.2 Å². The summed E-state index contributed by atoms with van der Waals surface area (Å²) < 4.78 is 30.0. The second-order valence-electron chi connectivity index (χ2n) is 5.41. The molecule has 0 aliphatic heterocycles. The van der Waals surface area contributed by atoms with Gasteiger partial charge in [-0.05, 0) is 35.2 Å². The van der Waals surface area contributed by atoms with Crippen molar-refractivity contribution in [2.45, 2.75) is 19.8 Å². The van der Waals surface area contributed by atoms with Crippen LogP contribution in [0.5, 0.6) is 0 Å². The average Bonchev–Trinajstić information content (AvgIpc) is 2.77. The maximum absolute atomic E-state index is 14.2. The van der Waals surface area contributed by atoms with Gasteiger partial charge in [0.2, 0.25) is 0 Å². The second kappa shape index (κ2) is 4.91. The first-order valence-corrected chi connectivity index (χ1v) is 6.75. The van der Waals surface area contributed by atoms with E-state index >= 15 is 0 Å². The summed E-state index contributed by atoms with van der Waals surface area (Å²) in [5.74, 6) is -1.24. The van der Waals surface area contributed by atoms with Gasteiger partial charge in [0.05, 0.1) is 0 Å². The van der Waals surface area contributed by atoms with Gasteiger partial charge >= 0.3 is 0 Å². The Morgan fingerprint density at radius 2 is 1.81 bits per heavy atom. The van der Waals surface area contributed by atoms with Gasteiger partial charge in [-0.15, -0.1) is 0 Å². The number of rotatable bonds is 2. The van der Waals surface area contributed by atoms with Crippen molar-refractivity contribution in [2.75, 3.05) is 0 Å². The highest BCUT2D eigenvalue weighted by Crippen LogP contribution is 2.31. The number of hydrogen-bond acceptors (Lipinski definition) is 2. The predicted molar refractivity (Wildman–Crippen MR) is 78.0 cm³/mol. The van der Waals surface area contributed by atoms with Gasteiger partial charge in [0, 0.05) is 30.4 Å². The van der Waals surface area contributed by atoms with Crippen LogP contribution in [0.3, 0.4) is 0 Å². The van der Waals surface area contributed by atoms with Crippen LogP contribution in [-0.4, -0.2) is 14.8 Å². The van der Waals surface area contributed by atoms with E-state index in [1.54, 1.807) is 44.0 Å². The summed E-state index contributed by atoms with van der Waals surface area (Å²) in [6, 6.07) is 4.49. The molecule has 1 aromatic carbocycles. The largest absolute Gasteiger partial charge is 0.273 e. The molecule has 0 aliphatic carbocycles. The third-order valence-corrected chi connectivity index (χ3v) is 3.50. The van der Waals surface area contributed by atoms with Crippen LogP contribution in [0.25, 0.3) is 22.2 Å². The van der Waals surface area contributed by atoms with E-state index < -0.39 is 11.6 Å². The summed E-state index contributed by atoms with van der Waals surface area (Å²) in [5, 5.41) is 4.98. The monoisotopic (exact) mass is 287 g/mol. The Morgan fingerprint density at radius 3 is 2.43 bits per heavy atom. The van der Waals surface area contributed by atoms with Gasteiger partial charge < -0.3 is 0 Å². The molecular weight excluding hydrogens is 272 g/mol. The van der Waals surface area contributed by atoms with Crippen LogP contribution in [0.15, 0.2) is 30.6 Å². The average molecular weight is 287 g/mol. The molecule has 3 rings (SSSR count). The van der Waals surface area contributed by atoms with Crippen LogP contribution in [0.1, 0.15) is 25.3 Å². The maximum atomic E-state index is 14.2. The minimum atomic E-state index is -0.520. The van der Waals surface area contributed by atoms with Gasteiger partial charge in [0.15, 0.2) is 5.65 Å². The zero-order chi connectivity index (χ0) is 15.1. The molecule has 3 aromatic rings. The topological polar surface area (TPSA) is 30.7 Å². The molecule has 0 atom stereocenters. The van der Waals surface area contributed by atoms with Gasteiger partial charge in [-0.2, -0.15) is 5.10 Å². The van der Waals surface area contributed by atoms with Crippen LogP contribution in [-0.2, 0) is 7.05 Å². The molecule has 108 valence electrons. The lowest BCUT2D eigenvalue weighted by Crippen LogP contribution is -1.99. The van der Waals surface area contributed by atoms with Gasteiger partial charge in [-0.1, -0.05) is 13.8 Å². The van der Waals surface area contributed by atoms with Crippen molar-refractivity contribution >= 4 is 11.0 Å². The number of aryl methyl sites for hydroxylation is 1. The van der Waals surface area contributed by atoms with Crippen LogP contribution >= 0.6 is 0 Å². The highest BCUT2D eigenvalue weighted by atomic mass is 19.1. The summed E-state index contributed by atoms with van der Waals surface area (Å²) in [4.78, 5) is 4.16. The van der Waals surface area contributed by atoms with Crippen molar-refractivity contribution in [3.63, 3.8) is 0 Å². The van der Waals surface area contributed by atoms with Gasteiger partial charge in [0.25, 0.3) is 0 Å². The smallest absolute Gasteiger partial charge is 0.181 e. The van der Waals surface area contributed by atoms with Crippen LogP contribution < -0.4 is 0 Å². The van der Waals surface area contributed by atoms with Crippen molar-refractivity contribution in [3.05, 3.63) is 47.8 Å². The van der Waals surface area contributed by atoms with Crippen LogP contribution in [0.2, 0.25) is 0 Å². The Labute approximate surface area is 121 Å². The lowest BCUT2D eigenvalue weighted by atomic mass is 9.96. The predicted octanol–water partition coefficient (Wildman–Crippen LogP) is 4.04. The number of fused-ring (bicyclic) bond motifs is 1. The third-order valence-electron chi connectivity index (χ3n) is 3.50. The standard InChI is InChI=1S/C16H15F2N3/c1-9(2)15-13(17)6-10(7-14(15)18)11-4-5-19-16-12(11)8-21(3)20-16/h4-9H,1-3H3. The quantitative estimate of drug-likeness (QED) is 0.712. The molecule has 0 fully saturated rings. The molecule has 3 nitrogen and oxygen atoms in total. The van der Waals surface area contributed by atoms with Gasteiger partial charge in [-0.25, -0.2) is 13.8 Å². The first kappa shape index (κ1) is 13.7. The van der Waals surface area contributed by atoms with E-state index in [2.05, 4.69) is 10.1 Å². The number of halogens is 2. The normalized spacial score (nSPS) is 11.5. The molecule has 2 aromatic heterocycles. The molecule has 2 heterocycles. The molecule has 0 bridgehead atoms. The lowest BCUT2D eigenvalue weighted by molar-refractivity contribution is 0.542. The van der Waals surface area contributed by atoms with Gasteiger partial charge in [0.1, 0.15) is 11.6 Å². The Balaban J connectivity index is 2.24. The van der Waals surface area contributed by atoms with E-state index in [9.17, 15) is 8.78 Å². The minimum absolute atomic E-state index is 0.121. The highest BCUT2D eigenvalue weighted by molar-refractivity contribution is 5.92. The summed E-state index contributed by atoms with van der Waals surface area (Å²) in [6.45, 7) is 3.54. The SMILES string of the molecule is CC(C)c1c(F)cc(-c2ccnc3nn(C)cc23)cc1F. The molecule has 0 amide bonds. The molecule has 0 radical (unpaired) electrons. The van der Waals surface area contributed by atoms with E-state index in [-0.39, 0.29) is 11.5 Å². The third kappa shape index (κ3) is 2.28. The van der Waals surface area contributed by atoms with E-state index in [4.69, 9.17) is 0 Å². The lowest BCUT2D eigenvalue weighted by Gasteiger charge is -2.11. The summed E-state index contributed by atoms with van der Waals surface area (Å²) in [6.07, 6.45) is 3.39. The molecule has 0 aliphatic rings. The Kier molecular flexibility index (Phi) is 3.20. The molecule has 0 N–H and O–H groups in total. The summed E-state index contributed by atoms with van der Waals surface area (Å²) >= 11 is 0. The minimum Gasteiger partial charge on any atom is -0.273 e.